The normalized spacial score (nSPS) is 19.1. The van der Waals surface area contributed by atoms with Crippen LogP contribution in [0.3, 0.4) is 0 Å². The second-order valence-electron chi connectivity index (χ2n) is 10.1. The van der Waals surface area contributed by atoms with Gasteiger partial charge in [-0.3, -0.25) is 9.59 Å². The number of nitrogens with zero attached hydrogens (tertiary/aromatic N) is 2. The number of pyridine rings is 1. The van der Waals surface area contributed by atoms with E-state index in [1.807, 2.05) is 6.07 Å². The number of carboxylic acid groups (broad SMARTS) is 1. The van der Waals surface area contributed by atoms with Gasteiger partial charge in [0.1, 0.15) is 5.82 Å². The predicted molar refractivity (Wildman–Crippen MR) is 134 cm³/mol. The Balaban J connectivity index is 1.18. The molecule has 6 N–H and O–H groups in total. The molecule has 12 nitrogen and oxygen atoms in total. The lowest BCUT2D eigenvalue weighted by atomic mass is 9.84. The summed E-state index contributed by atoms with van der Waals surface area (Å²) in [5.41, 5.74) is 0.503. The predicted octanol–water partition coefficient (Wildman–Crippen LogP) is 0.00440. The Morgan fingerprint density at radius 2 is 1.92 bits per heavy atom. The van der Waals surface area contributed by atoms with E-state index in [2.05, 4.69) is 32.3 Å². The minimum absolute atomic E-state index is 0.00184. The quantitative estimate of drug-likeness (QED) is 0.236. The van der Waals surface area contributed by atoms with E-state index in [0.717, 1.165) is 56.6 Å². The number of aryl methyl sites for hydroxylation is 2. The summed E-state index contributed by atoms with van der Waals surface area (Å²) >= 11 is 0. The number of aliphatic carboxylic acids is 1. The van der Waals surface area contributed by atoms with Gasteiger partial charge in [0.2, 0.25) is 11.8 Å². The van der Waals surface area contributed by atoms with Gasteiger partial charge in [0, 0.05) is 37.8 Å². The molecule has 1 aromatic rings. The lowest BCUT2D eigenvalue weighted by Gasteiger charge is -2.41. The van der Waals surface area contributed by atoms with Crippen LogP contribution < -0.4 is 21.3 Å². The molecule has 4 rings (SSSR count). The van der Waals surface area contributed by atoms with Crippen LogP contribution in [0.2, 0.25) is 0 Å². The van der Waals surface area contributed by atoms with Crippen LogP contribution in [-0.4, -0.2) is 88.3 Å². The number of amides is 4. The van der Waals surface area contributed by atoms with Crippen LogP contribution in [0.15, 0.2) is 12.1 Å². The Kier molecular flexibility index (Phi) is 8.47. The van der Waals surface area contributed by atoms with E-state index in [0.29, 0.717) is 6.54 Å². The van der Waals surface area contributed by atoms with Gasteiger partial charge in [0.05, 0.1) is 12.1 Å². The van der Waals surface area contributed by atoms with Crippen LogP contribution in [0.5, 0.6) is 0 Å². The summed E-state index contributed by atoms with van der Waals surface area (Å²) in [6.07, 6.45) is 5.18. The third kappa shape index (κ3) is 7.09. The maximum Gasteiger partial charge on any atom is 0.329 e. The van der Waals surface area contributed by atoms with Gasteiger partial charge < -0.3 is 36.4 Å². The highest BCUT2D eigenvalue weighted by Gasteiger charge is 2.45. The summed E-state index contributed by atoms with van der Waals surface area (Å²) in [6, 6.07) is 2.31. The first-order valence-corrected chi connectivity index (χ1v) is 13.0. The van der Waals surface area contributed by atoms with Crippen molar-refractivity contribution in [3.8, 4) is 0 Å². The molecule has 1 unspecified atom stereocenters. The number of nitrogens with one attached hydrogen (secondary N) is 4. The summed E-state index contributed by atoms with van der Waals surface area (Å²) in [7, 11) is 0. The molecule has 0 spiro atoms. The minimum Gasteiger partial charge on any atom is -0.480 e. The zero-order valence-corrected chi connectivity index (χ0v) is 20.9. The standard InChI is InChI=1S/C25H36N6O6/c32-19(15-28-22(33)17-5-6-17)30-20(23(34)35)25(37)9-13-31(14-10-25)24(36)27-12-2-4-18-8-7-16-3-1-11-26-21(16)29-18/h7-8,17,20,37H,1-6,9-15H2,(H,26,29)(H,27,36)(H,28,33)(H,30,32)(H,34,35). The zero-order chi connectivity index (χ0) is 26.4. The number of rotatable bonds is 10. The largest absolute Gasteiger partial charge is 0.480 e. The molecule has 1 aromatic heterocycles. The number of likely N-dealkylation sites (tertiary alicyclic amines) is 1. The maximum absolute atomic E-state index is 12.6. The molecule has 3 heterocycles. The summed E-state index contributed by atoms with van der Waals surface area (Å²) < 4.78 is 0. The molecule has 0 radical (unpaired) electrons. The molecule has 2 aliphatic heterocycles. The van der Waals surface area contributed by atoms with Crippen LogP contribution in [0.1, 0.15) is 49.8 Å². The van der Waals surface area contributed by atoms with E-state index in [1.165, 1.54) is 10.5 Å². The van der Waals surface area contributed by atoms with Crippen LogP contribution in [-0.2, 0) is 27.2 Å². The lowest BCUT2D eigenvalue weighted by Crippen LogP contribution is -2.62. The second-order valence-corrected chi connectivity index (χ2v) is 10.1. The summed E-state index contributed by atoms with van der Waals surface area (Å²) in [5.74, 6) is -1.39. The fourth-order valence-electron chi connectivity index (χ4n) is 4.77. The second kappa shape index (κ2) is 11.8. The highest BCUT2D eigenvalue weighted by Crippen LogP contribution is 2.29. The van der Waals surface area contributed by atoms with Crippen LogP contribution >= 0.6 is 0 Å². The molecule has 0 aromatic carbocycles. The highest BCUT2D eigenvalue weighted by molar-refractivity contribution is 5.89. The summed E-state index contributed by atoms with van der Waals surface area (Å²) in [6.45, 7) is 1.35. The average molecular weight is 517 g/mol. The molecule has 1 saturated carbocycles. The van der Waals surface area contributed by atoms with Gasteiger partial charge in [-0.05, 0) is 63.0 Å². The number of carbonyl (C=O) groups is 4. The molecule has 37 heavy (non-hydrogen) atoms. The molecular formula is C25H36N6O6. The van der Waals surface area contributed by atoms with Crippen molar-refractivity contribution in [2.45, 2.75) is 63.0 Å². The Bertz CT molecular complexity index is 1020. The van der Waals surface area contributed by atoms with Crippen molar-refractivity contribution >= 4 is 29.6 Å². The first-order chi connectivity index (χ1) is 17.7. The minimum atomic E-state index is -1.70. The molecule has 0 bridgehead atoms. The Morgan fingerprint density at radius 1 is 1.16 bits per heavy atom. The highest BCUT2D eigenvalue weighted by atomic mass is 16.4. The number of carboxylic acids is 1. The number of carbonyl (C=O) groups excluding carboxylic acids is 3. The van der Waals surface area contributed by atoms with Crippen molar-refractivity contribution < 1.29 is 29.4 Å². The first-order valence-electron chi connectivity index (χ1n) is 13.0. The number of urea groups is 1. The number of fused-ring (bicyclic) bond motifs is 1. The van der Waals surface area contributed by atoms with Crippen molar-refractivity contribution in [1.82, 2.24) is 25.8 Å². The van der Waals surface area contributed by atoms with Crippen molar-refractivity contribution in [2.75, 3.05) is 38.0 Å². The molecule has 1 saturated heterocycles. The molecule has 1 atom stereocenters. The number of hydrogen-bond donors (Lipinski definition) is 6. The third-order valence-electron chi connectivity index (χ3n) is 7.22. The molecule has 12 heteroatoms. The SMILES string of the molecule is O=C(CNC(=O)C1CC1)NC(C(=O)O)C1(O)CCN(C(=O)NCCCc2ccc3c(n2)NCCC3)CC1. The van der Waals surface area contributed by atoms with E-state index in [4.69, 9.17) is 0 Å². The molecule has 1 aliphatic carbocycles. The van der Waals surface area contributed by atoms with Gasteiger partial charge in [-0.1, -0.05) is 6.07 Å². The lowest BCUT2D eigenvalue weighted by molar-refractivity contribution is -0.152. The molecule has 3 aliphatic rings. The third-order valence-corrected chi connectivity index (χ3v) is 7.22. The molecular weight excluding hydrogens is 480 g/mol. The number of hydrogen-bond acceptors (Lipinski definition) is 7. The maximum atomic E-state index is 12.6. The Morgan fingerprint density at radius 3 is 2.62 bits per heavy atom. The van der Waals surface area contributed by atoms with E-state index >= 15 is 0 Å². The van der Waals surface area contributed by atoms with Crippen LogP contribution in [0, 0.1) is 5.92 Å². The van der Waals surface area contributed by atoms with Crippen molar-refractivity contribution in [2.24, 2.45) is 5.92 Å². The van der Waals surface area contributed by atoms with E-state index in [1.54, 1.807) is 0 Å². The summed E-state index contributed by atoms with van der Waals surface area (Å²) in [4.78, 5) is 54.5. The van der Waals surface area contributed by atoms with Crippen LogP contribution in [0.4, 0.5) is 10.6 Å². The topological polar surface area (TPSA) is 173 Å². The van der Waals surface area contributed by atoms with E-state index < -0.39 is 23.5 Å². The number of piperidine rings is 1. The van der Waals surface area contributed by atoms with E-state index in [-0.39, 0.29) is 50.3 Å². The number of anilines is 1. The van der Waals surface area contributed by atoms with E-state index in [9.17, 15) is 29.4 Å². The van der Waals surface area contributed by atoms with Gasteiger partial charge in [-0.2, -0.15) is 0 Å². The Labute approximate surface area is 215 Å². The molecule has 202 valence electrons. The summed E-state index contributed by atoms with van der Waals surface area (Å²) in [5, 5.41) is 31.6. The molecule has 4 amide bonds. The fraction of sp³-hybridized carbons (Fsp3) is 0.640. The zero-order valence-electron chi connectivity index (χ0n) is 20.9. The Hall–Kier alpha value is -3.41. The van der Waals surface area contributed by atoms with Crippen molar-refractivity contribution in [3.63, 3.8) is 0 Å². The fourth-order valence-corrected chi connectivity index (χ4v) is 4.77. The first kappa shape index (κ1) is 26.6. The van der Waals surface area contributed by atoms with Crippen molar-refractivity contribution in [3.05, 3.63) is 23.4 Å². The number of aliphatic hydroxyl groups is 1. The van der Waals surface area contributed by atoms with Crippen molar-refractivity contribution in [1.29, 1.82) is 0 Å². The van der Waals surface area contributed by atoms with Crippen LogP contribution in [0.25, 0.3) is 0 Å². The average Bonchev–Trinajstić information content (AvgIpc) is 3.74. The smallest absolute Gasteiger partial charge is 0.329 e. The number of aromatic nitrogens is 1. The molecule has 2 fully saturated rings. The van der Waals surface area contributed by atoms with Gasteiger partial charge in [-0.15, -0.1) is 0 Å². The van der Waals surface area contributed by atoms with Gasteiger partial charge >= 0.3 is 12.0 Å². The monoisotopic (exact) mass is 516 g/mol. The van der Waals surface area contributed by atoms with Gasteiger partial charge in [0.25, 0.3) is 0 Å². The van der Waals surface area contributed by atoms with Gasteiger partial charge in [-0.25, -0.2) is 14.6 Å². The van der Waals surface area contributed by atoms with Gasteiger partial charge in [0.15, 0.2) is 6.04 Å².